The summed E-state index contributed by atoms with van der Waals surface area (Å²) in [6.45, 7) is 15.5. The number of benzene rings is 1. The highest BCUT2D eigenvalue weighted by molar-refractivity contribution is 7.80. The lowest BCUT2D eigenvalue weighted by Crippen LogP contribution is -2.38. The number of nitrogens with zero attached hydrogens (tertiary/aromatic N) is 2. The van der Waals surface area contributed by atoms with Crippen LogP contribution in [0.4, 0.5) is 0 Å². The van der Waals surface area contributed by atoms with E-state index in [-0.39, 0.29) is 0 Å². The minimum Gasteiger partial charge on any atom is -0.490 e. The molecule has 1 heterocycles. The quantitative estimate of drug-likeness (QED) is 0.430. The van der Waals surface area contributed by atoms with Crippen LogP contribution in [-0.4, -0.2) is 53.8 Å². The lowest BCUT2D eigenvalue weighted by molar-refractivity contribution is 0.0388. The monoisotopic (exact) mass is 415 g/mol. The largest absolute Gasteiger partial charge is 0.490 e. The third-order valence-corrected chi connectivity index (χ3v) is 5.57. The van der Waals surface area contributed by atoms with Crippen LogP contribution in [0.25, 0.3) is 0 Å². The molecule has 0 atom stereocenters. The van der Waals surface area contributed by atoms with Crippen molar-refractivity contribution >= 4 is 17.2 Å². The van der Waals surface area contributed by atoms with Gasteiger partial charge in [0.05, 0.1) is 6.04 Å². The Labute approximate surface area is 182 Å². The molecule has 1 aromatic rings. The van der Waals surface area contributed by atoms with Gasteiger partial charge in [0, 0.05) is 31.7 Å². The van der Waals surface area contributed by atoms with Crippen LogP contribution in [0.15, 0.2) is 47.6 Å². The molecule has 0 radical (unpaired) electrons. The van der Waals surface area contributed by atoms with Crippen LogP contribution >= 0.6 is 12.2 Å². The molecule has 1 saturated heterocycles. The minimum absolute atomic E-state index is 0.373. The summed E-state index contributed by atoms with van der Waals surface area (Å²) in [4.78, 5) is 0.811. The maximum atomic E-state index is 5.86. The van der Waals surface area contributed by atoms with E-state index in [9.17, 15) is 0 Å². The highest BCUT2D eigenvalue weighted by Crippen LogP contribution is 2.15. The van der Waals surface area contributed by atoms with E-state index in [0.29, 0.717) is 12.6 Å². The summed E-state index contributed by atoms with van der Waals surface area (Å²) < 4.78 is 5.86. The summed E-state index contributed by atoms with van der Waals surface area (Å²) in [6, 6.07) is 8.46. The minimum atomic E-state index is 0.373. The second-order valence-corrected chi connectivity index (χ2v) is 8.30. The average Bonchev–Trinajstić information content (AvgIpc) is 3.10. The molecule has 5 heteroatoms. The number of rotatable bonds is 10. The van der Waals surface area contributed by atoms with E-state index in [1.54, 1.807) is 0 Å². The van der Waals surface area contributed by atoms with Crippen LogP contribution in [-0.2, 0) is 0 Å². The molecule has 0 amide bonds. The van der Waals surface area contributed by atoms with Gasteiger partial charge in [0.15, 0.2) is 0 Å². The van der Waals surface area contributed by atoms with Crippen LogP contribution in [0.3, 0.4) is 0 Å². The van der Waals surface area contributed by atoms with E-state index in [2.05, 4.69) is 62.1 Å². The van der Waals surface area contributed by atoms with Gasteiger partial charge in [-0.2, -0.15) is 0 Å². The van der Waals surface area contributed by atoms with Gasteiger partial charge in [-0.3, -0.25) is 0 Å². The number of hydrogen-bond donors (Lipinski definition) is 1. The Morgan fingerprint density at radius 1 is 1.07 bits per heavy atom. The van der Waals surface area contributed by atoms with Crippen LogP contribution < -0.4 is 10.1 Å². The van der Waals surface area contributed by atoms with Crippen molar-refractivity contribution in [1.82, 2.24) is 15.3 Å². The second kappa shape index (κ2) is 12.1. The number of ether oxygens (including phenoxy) is 1. The van der Waals surface area contributed by atoms with Crippen LogP contribution in [0.1, 0.15) is 53.0 Å². The number of thiocarbonyl (C=S) groups is 1. The van der Waals surface area contributed by atoms with E-state index in [0.717, 1.165) is 55.3 Å². The number of hydrazine groups is 1. The van der Waals surface area contributed by atoms with E-state index >= 15 is 0 Å². The first-order valence-electron chi connectivity index (χ1n) is 10.7. The van der Waals surface area contributed by atoms with E-state index in [4.69, 9.17) is 17.0 Å². The number of hydrogen-bond acceptors (Lipinski definition) is 4. The molecular weight excluding hydrogens is 378 g/mol. The van der Waals surface area contributed by atoms with Gasteiger partial charge in [-0.05, 0) is 64.0 Å². The zero-order valence-corrected chi connectivity index (χ0v) is 19.5. The van der Waals surface area contributed by atoms with Gasteiger partial charge in [-0.25, -0.2) is 10.0 Å². The Hall–Kier alpha value is -1.69. The highest BCUT2D eigenvalue weighted by Gasteiger charge is 2.28. The SMILES string of the molecule is CCN1CC(NC(=S)c2ccc(OC/C=C(\C)CCC=C(C)C)cc2)CN1CC. The lowest BCUT2D eigenvalue weighted by atomic mass is 10.1. The molecule has 4 nitrogen and oxygen atoms in total. The second-order valence-electron chi connectivity index (χ2n) is 7.89. The maximum Gasteiger partial charge on any atom is 0.119 e. The van der Waals surface area contributed by atoms with E-state index in [1.165, 1.54) is 11.1 Å². The predicted octanol–water partition coefficient (Wildman–Crippen LogP) is 4.96. The molecule has 160 valence electrons. The van der Waals surface area contributed by atoms with Crippen molar-refractivity contribution < 1.29 is 4.74 Å². The zero-order chi connectivity index (χ0) is 21.2. The van der Waals surface area contributed by atoms with Gasteiger partial charge in [-0.1, -0.05) is 43.3 Å². The summed E-state index contributed by atoms with van der Waals surface area (Å²) in [6.07, 6.45) is 6.62. The van der Waals surface area contributed by atoms with Gasteiger partial charge in [-0.15, -0.1) is 0 Å². The molecule has 1 aliphatic heterocycles. The van der Waals surface area contributed by atoms with Gasteiger partial charge >= 0.3 is 0 Å². The molecule has 1 aliphatic rings. The standard InChI is InChI=1S/C24H37N3OS/c1-6-26-17-22(18-27(26)7-2)25-24(29)21-11-13-23(14-12-21)28-16-15-20(5)10-8-9-19(3)4/h9,11-15,22H,6-8,10,16-18H2,1-5H3,(H,25,29)/b20-15+. The summed E-state index contributed by atoms with van der Waals surface area (Å²) in [5.41, 5.74) is 3.78. The molecule has 1 fully saturated rings. The van der Waals surface area contributed by atoms with Gasteiger partial charge in [0.1, 0.15) is 17.3 Å². The van der Waals surface area contributed by atoms with Crippen molar-refractivity contribution in [2.75, 3.05) is 32.8 Å². The Morgan fingerprint density at radius 2 is 1.69 bits per heavy atom. The number of likely N-dealkylation sites (N-methyl/N-ethyl adjacent to an activating group) is 2. The molecule has 0 aromatic heterocycles. The Bertz CT molecular complexity index is 695. The zero-order valence-electron chi connectivity index (χ0n) is 18.7. The molecule has 0 aliphatic carbocycles. The van der Waals surface area contributed by atoms with Gasteiger partial charge in [0.2, 0.25) is 0 Å². The van der Waals surface area contributed by atoms with Crippen molar-refractivity contribution in [2.45, 2.75) is 53.5 Å². The fourth-order valence-electron chi connectivity index (χ4n) is 3.49. The van der Waals surface area contributed by atoms with Crippen LogP contribution in [0.5, 0.6) is 5.75 Å². The van der Waals surface area contributed by atoms with Crippen molar-refractivity contribution in [2.24, 2.45) is 0 Å². The van der Waals surface area contributed by atoms with Gasteiger partial charge in [0.25, 0.3) is 0 Å². The van der Waals surface area contributed by atoms with Crippen molar-refractivity contribution in [3.63, 3.8) is 0 Å². The predicted molar refractivity (Wildman–Crippen MR) is 127 cm³/mol. The van der Waals surface area contributed by atoms with Gasteiger partial charge < -0.3 is 10.1 Å². The maximum absolute atomic E-state index is 5.86. The Morgan fingerprint density at radius 3 is 2.24 bits per heavy atom. The van der Waals surface area contributed by atoms with Crippen molar-refractivity contribution in [3.8, 4) is 5.75 Å². The third-order valence-electron chi connectivity index (χ3n) is 5.22. The average molecular weight is 416 g/mol. The molecule has 29 heavy (non-hydrogen) atoms. The van der Waals surface area contributed by atoms with Crippen LogP contribution in [0, 0.1) is 0 Å². The fourth-order valence-corrected chi connectivity index (χ4v) is 3.79. The Balaban J connectivity index is 1.79. The molecule has 1 N–H and O–H groups in total. The molecule has 0 spiro atoms. The third kappa shape index (κ3) is 7.92. The van der Waals surface area contributed by atoms with E-state index < -0.39 is 0 Å². The number of nitrogens with one attached hydrogen (secondary N) is 1. The molecule has 0 bridgehead atoms. The first kappa shape index (κ1) is 23.6. The molecule has 0 unspecified atom stereocenters. The summed E-state index contributed by atoms with van der Waals surface area (Å²) in [7, 11) is 0. The van der Waals surface area contributed by atoms with Crippen molar-refractivity contribution in [1.29, 1.82) is 0 Å². The summed E-state index contributed by atoms with van der Waals surface area (Å²) >= 11 is 5.63. The normalized spacial score (nSPS) is 16.1. The summed E-state index contributed by atoms with van der Waals surface area (Å²) in [5, 5.41) is 8.28. The Kier molecular flexibility index (Phi) is 9.85. The first-order chi connectivity index (χ1) is 13.9. The van der Waals surface area contributed by atoms with Crippen LogP contribution in [0.2, 0.25) is 0 Å². The topological polar surface area (TPSA) is 27.7 Å². The fraction of sp³-hybridized carbons (Fsp3) is 0.542. The number of allylic oxidation sites excluding steroid dienone is 3. The molecule has 1 aromatic carbocycles. The molecular formula is C24H37N3OS. The summed E-state index contributed by atoms with van der Waals surface area (Å²) in [5.74, 6) is 0.875. The van der Waals surface area contributed by atoms with E-state index in [1.807, 2.05) is 24.3 Å². The highest BCUT2D eigenvalue weighted by atomic mass is 32.1. The lowest BCUT2D eigenvalue weighted by Gasteiger charge is -2.24. The molecule has 0 saturated carbocycles. The van der Waals surface area contributed by atoms with Crippen molar-refractivity contribution in [3.05, 3.63) is 53.1 Å². The first-order valence-corrected chi connectivity index (χ1v) is 11.2. The molecule has 2 rings (SSSR count). The smallest absolute Gasteiger partial charge is 0.119 e.